The fraction of sp³-hybridized carbons (Fsp3) is 0.318. The van der Waals surface area contributed by atoms with Crippen molar-refractivity contribution < 1.29 is 14.3 Å². The first-order valence-electron chi connectivity index (χ1n) is 9.73. The largest absolute Gasteiger partial charge is 0.490 e. The van der Waals surface area contributed by atoms with Crippen LogP contribution in [0.1, 0.15) is 42.6 Å². The minimum absolute atomic E-state index is 0.0332. The normalized spacial score (nSPS) is 13.0. The van der Waals surface area contributed by atoms with Crippen LogP contribution in [0.4, 0.5) is 11.4 Å². The van der Waals surface area contributed by atoms with Crippen molar-refractivity contribution in [3.05, 3.63) is 52.0 Å². The zero-order chi connectivity index (χ0) is 21.8. The molecule has 0 aromatic heterocycles. The van der Waals surface area contributed by atoms with Crippen molar-refractivity contribution in [2.75, 3.05) is 10.6 Å². The van der Waals surface area contributed by atoms with Crippen molar-refractivity contribution in [1.82, 2.24) is 5.32 Å². The van der Waals surface area contributed by atoms with E-state index in [2.05, 4.69) is 31.9 Å². The highest BCUT2D eigenvalue weighted by Gasteiger charge is 2.29. The number of ether oxygens (including phenoxy) is 1. The van der Waals surface area contributed by atoms with Crippen LogP contribution in [0, 0.1) is 12.8 Å². The highest BCUT2D eigenvalue weighted by molar-refractivity contribution is 9.10. The van der Waals surface area contributed by atoms with Gasteiger partial charge in [-0.25, -0.2) is 0 Å². The molecular formula is C22H24BrN3O3S. The van der Waals surface area contributed by atoms with E-state index >= 15 is 0 Å². The van der Waals surface area contributed by atoms with Crippen molar-refractivity contribution in [3.63, 3.8) is 0 Å². The van der Waals surface area contributed by atoms with Crippen molar-refractivity contribution in [2.45, 2.75) is 39.7 Å². The van der Waals surface area contributed by atoms with Crippen LogP contribution in [0.15, 0.2) is 40.9 Å². The van der Waals surface area contributed by atoms with Crippen LogP contribution >= 0.6 is 28.1 Å². The first kappa shape index (κ1) is 22.2. The third kappa shape index (κ3) is 5.79. The molecule has 1 fully saturated rings. The van der Waals surface area contributed by atoms with E-state index in [9.17, 15) is 9.59 Å². The smallest absolute Gasteiger partial charge is 0.257 e. The lowest BCUT2D eigenvalue weighted by Crippen LogP contribution is -2.34. The molecule has 0 atom stereocenters. The van der Waals surface area contributed by atoms with E-state index in [0.717, 1.165) is 29.8 Å². The monoisotopic (exact) mass is 489 g/mol. The Morgan fingerprint density at radius 2 is 1.80 bits per heavy atom. The van der Waals surface area contributed by atoms with Crippen LogP contribution in [0.5, 0.6) is 5.75 Å². The van der Waals surface area contributed by atoms with Crippen molar-refractivity contribution >= 4 is 56.4 Å². The van der Waals surface area contributed by atoms with Gasteiger partial charge in [0.25, 0.3) is 5.91 Å². The molecule has 3 N–H and O–H groups in total. The summed E-state index contributed by atoms with van der Waals surface area (Å²) in [6.45, 7) is 5.76. The lowest BCUT2D eigenvalue weighted by atomic mass is 10.1. The van der Waals surface area contributed by atoms with Gasteiger partial charge >= 0.3 is 0 Å². The maximum absolute atomic E-state index is 12.6. The van der Waals surface area contributed by atoms with Crippen LogP contribution in [0.3, 0.4) is 0 Å². The van der Waals surface area contributed by atoms with Gasteiger partial charge in [-0.05, 0) is 97.7 Å². The molecule has 2 aromatic rings. The lowest BCUT2D eigenvalue weighted by Gasteiger charge is -2.15. The number of carbonyl (C=O) groups excluding carboxylic acids is 2. The van der Waals surface area contributed by atoms with E-state index in [1.165, 1.54) is 0 Å². The summed E-state index contributed by atoms with van der Waals surface area (Å²) in [6, 6.07) is 10.6. The Labute approximate surface area is 189 Å². The van der Waals surface area contributed by atoms with E-state index in [4.69, 9.17) is 17.0 Å². The maximum atomic E-state index is 12.6. The van der Waals surface area contributed by atoms with E-state index < -0.39 is 0 Å². The van der Waals surface area contributed by atoms with Crippen LogP contribution in [-0.4, -0.2) is 23.0 Å². The lowest BCUT2D eigenvalue weighted by molar-refractivity contribution is -0.117. The van der Waals surface area contributed by atoms with Crippen LogP contribution in [0.25, 0.3) is 0 Å². The van der Waals surface area contributed by atoms with Gasteiger partial charge in [0.15, 0.2) is 5.11 Å². The van der Waals surface area contributed by atoms with Gasteiger partial charge in [0, 0.05) is 22.9 Å². The Morgan fingerprint density at radius 3 is 2.40 bits per heavy atom. The van der Waals surface area contributed by atoms with E-state index in [1.54, 1.807) is 18.2 Å². The number of hydrogen-bond donors (Lipinski definition) is 3. The molecule has 6 nitrogen and oxygen atoms in total. The fourth-order valence-corrected chi connectivity index (χ4v) is 3.48. The summed E-state index contributed by atoms with van der Waals surface area (Å²) in [5.41, 5.74) is 2.75. The van der Waals surface area contributed by atoms with Gasteiger partial charge in [0.05, 0.1) is 10.6 Å². The number of anilines is 2. The van der Waals surface area contributed by atoms with Gasteiger partial charge in [-0.15, -0.1) is 0 Å². The standard InChI is InChI=1S/C22H24BrN3O3S/c1-12(2)29-19-10-9-15(11-16(19)23)21(28)26-22(30)25-18-6-4-5-17(13(18)3)24-20(27)14-7-8-14/h4-6,9-12,14H,7-8H2,1-3H3,(H,24,27)(H2,25,26,28,30). The first-order chi connectivity index (χ1) is 14.2. The Morgan fingerprint density at radius 1 is 1.13 bits per heavy atom. The van der Waals surface area contributed by atoms with Crippen molar-refractivity contribution in [1.29, 1.82) is 0 Å². The summed E-state index contributed by atoms with van der Waals surface area (Å²) < 4.78 is 6.36. The van der Waals surface area contributed by atoms with Gasteiger partial charge < -0.3 is 15.4 Å². The Kier molecular flexibility index (Phi) is 7.10. The zero-order valence-corrected chi connectivity index (χ0v) is 19.4. The number of benzene rings is 2. The summed E-state index contributed by atoms with van der Waals surface area (Å²) in [7, 11) is 0. The summed E-state index contributed by atoms with van der Waals surface area (Å²) in [4.78, 5) is 24.6. The predicted molar refractivity (Wildman–Crippen MR) is 126 cm³/mol. The molecule has 1 aliphatic rings. The number of rotatable bonds is 6. The molecule has 0 unspecified atom stereocenters. The van der Waals surface area contributed by atoms with E-state index in [1.807, 2.05) is 39.0 Å². The van der Waals surface area contributed by atoms with Gasteiger partial charge in [0.1, 0.15) is 5.75 Å². The van der Waals surface area contributed by atoms with Crippen molar-refractivity contribution in [2.24, 2.45) is 5.92 Å². The highest BCUT2D eigenvalue weighted by Crippen LogP contribution is 2.32. The number of carbonyl (C=O) groups is 2. The van der Waals surface area contributed by atoms with Gasteiger partial charge in [-0.3, -0.25) is 14.9 Å². The molecule has 1 aliphatic carbocycles. The molecule has 0 bridgehead atoms. The molecule has 2 amide bonds. The SMILES string of the molecule is Cc1c(NC(=O)C2CC2)cccc1NC(=S)NC(=O)c1ccc(OC(C)C)c(Br)c1. The molecule has 0 radical (unpaired) electrons. The van der Waals surface area contributed by atoms with Crippen molar-refractivity contribution in [3.8, 4) is 5.75 Å². The molecule has 0 saturated heterocycles. The predicted octanol–water partition coefficient (Wildman–Crippen LogP) is 5.02. The molecule has 2 aromatic carbocycles. The summed E-state index contributed by atoms with van der Waals surface area (Å²) in [5.74, 6) is 0.503. The molecule has 1 saturated carbocycles. The number of hydrogen-bond acceptors (Lipinski definition) is 4. The number of amides is 2. The molecule has 30 heavy (non-hydrogen) atoms. The molecule has 158 valence electrons. The van der Waals surface area contributed by atoms with Gasteiger partial charge in [-0.2, -0.15) is 0 Å². The Balaban J connectivity index is 1.63. The summed E-state index contributed by atoms with van der Waals surface area (Å²) in [6.07, 6.45) is 1.92. The third-order valence-corrected chi connectivity index (χ3v) is 5.40. The fourth-order valence-electron chi connectivity index (χ4n) is 2.81. The molecular weight excluding hydrogens is 466 g/mol. The number of thiocarbonyl (C=S) groups is 1. The Hall–Kier alpha value is -2.45. The maximum Gasteiger partial charge on any atom is 0.257 e. The summed E-state index contributed by atoms with van der Waals surface area (Å²) >= 11 is 8.73. The zero-order valence-electron chi connectivity index (χ0n) is 17.0. The minimum atomic E-state index is -0.333. The first-order valence-corrected chi connectivity index (χ1v) is 10.9. The van der Waals surface area contributed by atoms with Crippen LogP contribution < -0.4 is 20.7 Å². The molecule has 0 aliphatic heterocycles. The van der Waals surface area contributed by atoms with E-state index in [-0.39, 0.29) is 28.9 Å². The topological polar surface area (TPSA) is 79.5 Å². The van der Waals surface area contributed by atoms with Gasteiger partial charge in [0.2, 0.25) is 5.91 Å². The quantitative estimate of drug-likeness (QED) is 0.496. The number of nitrogens with one attached hydrogen (secondary N) is 3. The third-order valence-electron chi connectivity index (χ3n) is 4.57. The second kappa shape index (κ2) is 9.57. The Bertz CT molecular complexity index is 990. The number of halogens is 1. The molecule has 0 heterocycles. The molecule has 0 spiro atoms. The minimum Gasteiger partial charge on any atom is -0.490 e. The van der Waals surface area contributed by atoms with Crippen LogP contribution in [0.2, 0.25) is 0 Å². The molecule has 8 heteroatoms. The summed E-state index contributed by atoms with van der Waals surface area (Å²) in [5, 5.41) is 8.84. The van der Waals surface area contributed by atoms with E-state index in [0.29, 0.717) is 15.8 Å². The second-order valence-corrected chi connectivity index (χ2v) is 8.72. The average molecular weight is 490 g/mol. The second-order valence-electron chi connectivity index (χ2n) is 7.46. The molecule has 3 rings (SSSR count). The average Bonchev–Trinajstić information content (AvgIpc) is 3.51. The van der Waals surface area contributed by atoms with Crippen LogP contribution in [-0.2, 0) is 4.79 Å². The highest BCUT2D eigenvalue weighted by atomic mass is 79.9. The van der Waals surface area contributed by atoms with Gasteiger partial charge in [-0.1, -0.05) is 6.07 Å².